The molecule has 0 amide bonds. The van der Waals surface area contributed by atoms with Gasteiger partial charge in [0.25, 0.3) is 5.70 Å². The smallest absolute Gasteiger partial charge is 0.270 e. The SMILES string of the molecule is C/N=C1/C=CC([N+](=O)[O-])=C/C1=C(/C)N. The number of rotatable bonds is 1. The molecule has 0 saturated carbocycles. The van der Waals surface area contributed by atoms with Crippen LogP contribution in [0.3, 0.4) is 0 Å². The van der Waals surface area contributed by atoms with Crippen LogP contribution in [0.15, 0.2) is 40.2 Å². The van der Waals surface area contributed by atoms with E-state index in [0.29, 0.717) is 17.0 Å². The van der Waals surface area contributed by atoms with Crippen LogP contribution >= 0.6 is 0 Å². The van der Waals surface area contributed by atoms with Crippen molar-refractivity contribution in [3.8, 4) is 0 Å². The van der Waals surface area contributed by atoms with Crippen LogP contribution in [0.25, 0.3) is 0 Å². The van der Waals surface area contributed by atoms with E-state index in [9.17, 15) is 10.1 Å². The van der Waals surface area contributed by atoms with Crippen LogP contribution in [0.4, 0.5) is 0 Å². The van der Waals surface area contributed by atoms with Gasteiger partial charge in [-0.05, 0) is 13.0 Å². The van der Waals surface area contributed by atoms with E-state index in [1.165, 1.54) is 12.2 Å². The standard InChI is InChI=1S/C9H11N3O2/c1-6(10)8-5-7(12(13)14)3-4-9(8)11-2/h3-5H,10H2,1-2H3/b8-6+,11-9-. The highest BCUT2D eigenvalue weighted by molar-refractivity contribution is 6.12. The first-order valence-corrected chi connectivity index (χ1v) is 4.04. The number of allylic oxidation sites excluding steroid dienone is 5. The van der Waals surface area contributed by atoms with E-state index in [0.717, 1.165) is 0 Å². The van der Waals surface area contributed by atoms with Gasteiger partial charge in [0.2, 0.25) is 0 Å². The normalized spacial score (nSPS) is 22.1. The van der Waals surface area contributed by atoms with Gasteiger partial charge in [0.15, 0.2) is 0 Å². The molecule has 0 spiro atoms. The van der Waals surface area contributed by atoms with Crippen molar-refractivity contribution in [1.29, 1.82) is 0 Å². The highest BCUT2D eigenvalue weighted by atomic mass is 16.6. The zero-order valence-electron chi connectivity index (χ0n) is 8.02. The van der Waals surface area contributed by atoms with E-state index >= 15 is 0 Å². The quantitative estimate of drug-likeness (QED) is 0.498. The summed E-state index contributed by atoms with van der Waals surface area (Å²) < 4.78 is 0. The molecule has 1 aliphatic rings. The highest BCUT2D eigenvalue weighted by Gasteiger charge is 2.16. The molecule has 5 heteroatoms. The van der Waals surface area contributed by atoms with Crippen molar-refractivity contribution in [2.45, 2.75) is 6.92 Å². The Kier molecular flexibility index (Phi) is 2.81. The lowest BCUT2D eigenvalue weighted by Crippen LogP contribution is -2.11. The summed E-state index contributed by atoms with van der Waals surface area (Å²) in [4.78, 5) is 14.0. The molecule has 1 aliphatic carbocycles. The van der Waals surface area contributed by atoms with Gasteiger partial charge in [-0.3, -0.25) is 15.1 Å². The summed E-state index contributed by atoms with van der Waals surface area (Å²) in [5.74, 6) is 0. The fourth-order valence-electron chi connectivity index (χ4n) is 1.15. The van der Waals surface area contributed by atoms with Gasteiger partial charge >= 0.3 is 0 Å². The molecule has 5 nitrogen and oxygen atoms in total. The number of nitrogens with two attached hydrogens (primary N) is 1. The molecule has 0 heterocycles. The molecule has 0 atom stereocenters. The van der Waals surface area contributed by atoms with Crippen LogP contribution in [0.2, 0.25) is 0 Å². The second kappa shape index (κ2) is 3.87. The van der Waals surface area contributed by atoms with Crippen molar-refractivity contribution >= 4 is 5.71 Å². The third-order valence-corrected chi connectivity index (χ3v) is 1.86. The molecule has 0 saturated heterocycles. The predicted molar refractivity (Wildman–Crippen MR) is 54.5 cm³/mol. The lowest BCUT2D eigenvalue weighted by atomic mass is 10.0. The Hall–Kier alpha value is -1.91. The van der Waals surface area contributed by atoms with Gasteiger partial charge in [-0.1, -0.05) is 0 Å². The number of nitrogens with zero attached hydrogens (tertiary/aromatic N) is 2. The van der Waals surface area contributed by atoms with E-state index < -0.39 is 4.92 Å². The molecule has 0 bridgehead atoms. The number of aliphatic imine (C=N–C) groups is 1. The summed E-state index contributed by atoms with van der Waals surface area (Å²) in [6, 6.07) is 0. The summed E-state index contributed by atoms with van der Waals surface area (Å²) in [5, 5.41) is 10.5. The molecule has 0 aromatic heterocycles. The van der Waals surface area contributed by atoms with Gasteiger partial charge in [-0.2, -0.15) is 0 Å². The molecule has 2 N–H and O–H groups in total. The Bertz CT molecular complexity index is 385. The first-order chi connectivity index (χ1) is 6.56. The molecule has 0 fully saturated rings. The zero-order valence-corrected chi connectivity index (χ0v) is 8.02. The summed E-state index contributed by atoms with van der Waals surface area (Å²) in [5.41, 5.74) is 7.42. The molecular formula is C9H11N3O2. The maximum Gasteiger partial charge on any atom is 0.270 e. The lowest BCUT2D eigenvalue weighted by molar-refractivity contribution is -0.419. The minimum atomic E-state index is -0.452. The van der Waals surface area contributed by atoms with E-state index in [1.807, 2.05) is 0 Å². The van der Waals surface area contributed by atoms with Crippen LogP contribution in [-0.4, -0.2) is 17.7 Å². The van der Waals surface area contributed by atoms with Gasteiger partial charge in [-0.15, -0.1) is 0 Å². The van der Waals surface area contributed by atoms with E-state index in [2.05, 4.69) is 4.99 Å². The average Bonchev–Trinajstić information content (AvgIpc) is 2.16. The van der Waals surface area contributed by atoms with Gasteiger partial charge in [-0.25, -0.2) is 0 Å². The molecule has 0 unspecified atom stereocenters. The first kappa shape index (κ1) is 10.2. The Morgan fingerprint density at radius 1 is 1.57 bits per heavy atom. The Morgan fingerprint density at radius 3 is 2.64 bits per heavy atom. The van der Waals surface area contributed by atoms with Gasteiger partial charge in [0.05, 0.1) is 10.6 Å². The van der Waals surface area contributed by atoms with Crippen LogP contribution in [0, 0.1) is 10.1 Å². The fourth-order valence-corrected chi connectivity index (χ4v) is 1.15. The topological polar surface area (TPSA) is 81.5 Å². The molecule has 14 heavy (non-hydrogen) atoms. The Morgan fingerprint density at radius 2 is 2.21 bits per heavy atom. The molecule has 1 rings (SSSR count). The van der Waals surface area contributed by atoms with Crippen molar-refractivity contribution < 1.29 is 4.92 Å². The van der Waals surface area contributed by atoms with Crippen molar-refractivity contribution in [1.82, 2.24) is 0 Å². The molecule has 74 valence electrons. The lowest BCUT2D eigenvalue weighted by Gasteiger charge is -2.08. The van der Waals surface area contributed by atoms with Crippen molar-refractivity contribution in [2.24, 2.45) is 10.7 Å². The molecule has 0 aromatic rings. The van der Waals surface area contributed by atoms with Crippen LogP contribution in [-0.2, 0) is 0 Å². The van der Waals surface area contributed by atoms with Gasteiger partial charge in [0.1, 0.15) is 0 Å². The van der Waals surface area contributed by atoms with Crippen molar-refractivity contribution in [2.75, 3.05) is 7.05 Å². The number of hydrogen-bond donors (Lipinski definition) is 1. The maximum absolute atomic E-state index is 10.5. The molecule has 0 aromatic carbocycles. The second-order valence-corrected chi connectivity index (χ2v) is 2.87. The summed E-state index contributed by atoms with van der Waals surface area (Å²) in [6.07, 6.45) is 4.43. The third-order valence-electron chi connectivity index (χ3n) is 1.86. The van der Waals surface area contributed by atoms with Gasteiger partial charge in [0, 0.05) is 30.5 Å². The summed E-state index contributed by atoms with van der Waals surface area (Å²) >= 11 is 0. The monoisotopic (exact) mass is 193 g/mol. The van der Waals surface area contributed by atoms with Crippen LogP contribution < -0.4 is 5.73 Å². The van der Waals surface area contributed by atoms with Crippen LogP contribution in [0.5, 0.6) is 0 Å². The second-order valence-electron chi connectivity index (χ2n) is 2.87. The van der Waals surface area contributed by atoms with E-state index in [4.69, 9.17) is 5.73 Å². The molecule has 0 radical (unpaired) electrons. The average molecular weight is 193 g/mol. The number of hydrogen-bond acceptors (Lipinski definition) is 4. The Labute approximate surface area is 81.5 Å². The minimum absolute atomic E-state index is 0.0252. The third kappa shape index (κ3) is 1.87. The van der Waals surface area contributed by atoms with E-state index in [1.54, 1.807) is 20.0 Å². The largest absolute Gasteiger partial charge is 0.402 e. The maximum atomic E-state index is 10.5. The number of nitro groups is 1. The van der Waals surface area contributed by atoms with Crippen molar-refractivity contribution in [3.63, 3.8) is 0 Å². The zero-order chi connectivity index (χ0) is 10.7. The van der Waals surface area contributed by atoms with Crippen molar-refractivity contribution in [3.05, 3.63) is 45.3 Å². The van der Waals surface area contributed by atoms with Gasteiger partial charge < -0.3 is 5.73 Å². The predicted octanol–water partition coefficient (Wildman–Crippen LogP) is 1.02. The fraction of sp³-hybridized carbons (Fsp3) is 0.222. The summed E-state index contributed by atoms with van der Waals surface area (Å²) in [7, 11) is 1.62. The first-order valence-electron chi connectivity index (χ1n) is 4.04. The summed E-state index contributed by atoms with van der Waals surface area (Å²) in [6.45, 7) is 1.69. The molecule has 0 aliphatic heterocycles. The Balaban J connectivity index is 3.21. The molecular weight excluding hydrogens is 182 g/mol. The van der Waals surface area contributed by atoms with Crippen LogP contribution in [0.1, 0.15) is 6.92 Å². The highest BCUT2D eigenvalue weighted by Crippen LogP contribution is 2.16. The van der Waals surface area contributed by atoms with E-state index in [-0.39, 0.29) is 5.70 Å². The minimum Gasteiger partial charge on any atom is -0.402 e.